The molecule has 0 aliphatic heterocycles. The van der Waals surface area contributed by atoms with Crippen LogP contribution < -0.4 is 0 Å². The molecule has 0 aliphatic rings. The first kappa shape index (κ1) is 6.75. The second-order valence-electron chi connectivity index (χ2n) is 1.84. The molecule has 0 saturated carbocycles. The summed E-state index contributed by atoms with van der Waals surface area (Å²) in [6, 6.07) is 0. The molecule has 0 heterocycles. The third kappa shape index (κ3) is 2.96. The number of hydrogen-bond acceptors (Lipinski definition) is 0. The monoisotopic (exact) mass is 160 g/mol. The molecule has 0 nitrogen and oxygen atoms in total. The minimum absolute atomic E-state index is 0.809. The van der Waals surface area contributed by atoms with E-state index >= 15 is 0 Å². The van der Waals surface area contributed by atoms with Gasteiger partial charge in [-0.1, -0.05) is 0 Å². The van der Waals surface area contributed by atoms with Crippen molar-refractivity contribution in [1.82, 2.24) is 0 Å². The molecule has 0 atom stereocenters. The summed E-state index contributed by atoms with van der Waals surface area (Å²) < 4.78 is 1.60. The molecule has 6 heavy (non-hydrogen) atoms. The van der Waals surface area contributed by atoms with Gasteiger partial charge in [0.25, 0.3) is 0 Å². The van der Waals surface area contributed by atoms with E-state index in [4.69, 9.17) is 0 Å². The zero-order valence-corrected chi connectivity index (χ0v) is 7.04. The van der Waals surface area contributed by atoms with Gasteiger partial charge in [0.05, 0.1) is 0 Å². The summed E-state index contributed by atoms with van der Waals surface area (Å²) in [5.41, 5.74) is 0. The predicted molar refractivity (Wildman–Crippen MR) is 25.5 cm³/mol. The number of hydrogen-bond donors (Lipinski definition) is 0. The van der Waals surface area contributed by atoms with Gasteiger partial charge in [-0.2, -0.15) is 0 Å². The first-order valence-electron chi connectivity index (χ1n) is 2.19. The van der Waals surface area contributed by atoms with Gasteiger partial charge < -0.3 is 0 Å². The molecule has 0 aromatic heterocycles. The Labute approximate surface area is 54.3 Å². The van der Waals surface area contributed by atoms with Crippen LogP contribution in [-0.4, -0.2) is 3.21 Å². The van der Waals surface area contributed by atoms with E-state index in [-0.39, 0.29) is 0 Å². The summed E-state index contributed by atoms with van der Waals surface area (Å²) in [6.45, 7) is 6.65. The van der Waals surface area contributed by atoms with Crippen LogP contribution in [0.3, 0.4) is 0 Å². The minimum atomic E-state index is 0.809. The predicted octanol–water partition coefficient (Wildman–Crippen LogP) is 1.38. The Hall–Kier alpha value is 0.753. The Morgan fingerprint density at radius 2 is 1.67 bits per heavy atom. The molecule has 0 spiro atoms. The van der Waals surface area contributed by atoms with E-state index in [1.54, 1.807) is 27.4 Å². The standard InChI is InChI=1S/C5H10.Zr/c1-4-5(2)3;/h5H,1-3H3;/q;+2. The normalized spacial score (nSPS) is 9.67. The van der Waals surface area contributed by atoms with Gasteiger partial charge in [0.2, 0.25) is 0 Å². The third-order valence-corrected chi connectivity index (χ3v) is 2.29. The van der Waals surface area contributed by atoms with Crippen molar-refractivity contribution in [3.63, 3.8) is 0 Å². The van der Waals surface area contributed by atoms with Crippen LogP contribution in [0.15, 0.2) is 0 Å². The summed E-state index contributed by atoms with van der Waals surface area (Å²) in [7, 11) is 0. The Bertz CT molecular complexity index is 55.0. The molecular weight excluding hydrogens is 151 g/mol. The third-order valence-electron chi connectivity index (χ3n) is 0.866. The van der Waals surface area contributed by atoms with Crippen molar-refractivity contribution in [3.8, 4) is 0 Å². The average molecular weight is 161 g/mol. The Morgan fingerprint density at radius 3 is 1.67 bits per heavy atom. The van der Waals surface area contributed by atoms with E-state index in [1.807, 2.05) is 0 Å². The molecule has 0 amide bonds. The van der Waals surface area contributed by atoms with Gasteiger partial charge in [0.1, 0.15) is 0 Å². The molecule has 0 aromatic carbocycles. The Morgan fingerprint density at radius 1 is 1.50 bits per heavy atom. The van der Waals surface area contributed by atoms with Crippen LogP contribution in [-0.2, 0) is 24.2 Å². The van der Waals surface area contributed by atoms with Crippen molar-refractivity contribution in [1.29, 1.82) is 0 Å². The van der Waals surface area contributed by atoms with E-state index in [9.17, 15) is 0 Å². The van der Waals surface area contributed by atoms with Gasteiger partial charge in [-0.15, -0.1) is 0 Å². The molecule has 0 N–H and O–H groups in total. The van der Waals surface area contributed by atoms with E-state index in [2.05, 4.69) is 20.8 Å². The quantitative estimate of drug-likeness (QED) is 0.545. The molecule has 32 valence electrons. The van der Waals surface area contributed by atoms with Crippen molar-refractivity contribution in [2.24, 2.45) is 5.92 Å². The second kappa shape index (κ2) is 2.85. The molecule has 0 rings (SSSR count). The number of rotatable bonds is 1. The van der Waals surface area contributed by atoms with Crippen LogP contribution >= 0.6 is 0 Å². The fraction of sp³-hybridized carbons (Fsp3) is 0.800. The van der Waals surface area contributed by atoms with Crippen molar-refractivity contribution < 1.29 is 24.2 Å². The van der Waals surface area contributed by atoms with Crippen LogP contribution in [0, 0.1) is 5.92 Å². The molecule has 0 fully saturated rings. The topological polar surface area (TPSA) is 0 Å². The van der Waals surface area contributed by atoms with E-state index in [0.717, 1.165) is 5.92 Å². The van der Waals surface area contributed by atoms with Crippen LogP contribution in [0.25, 0.3) is 0 Å². The molecule has 0 bridgehead atoms. The van der Waals surface area contributed by atoms with E-state index in [1.165, 1.54) is 0 Å². The Kier molecular flexibility index (Phi) is 3.21. The first-order chi connectivity index (χ1) is 2.64. The maximum atomic E-state index is 2.23. The average Bonchev–Trinajstić information content (AvgIpc) is 1.36. The molecule has 1 heteroatoms. The van der Waals surface area contributed by atoms with Gasteiger partial charge >= 0.3 is 54.1 Å². The van der Waals surface area contributed by atoms with Gasteiger partial charge in [-0.25, -0.2) is 0 Å². The summed E-state index contributed by atoms with van der Waals surface area (Å²) in [5.74, 6) is 0.809. The fourth-order valence-electron chi connectivity index (χ4n) is 0. The van der Waals surface area contributed by atoms with E-state index in [0.29, 0.717) is 0 Å². The van der Waals surface area contributed by atoms with Gasteiger partial charge in [0, 0.05) is 0 Å². The van der Waals surface area contributed by atoms with Gasteiger partial charge in [0.15, 0.2) is 0 Å². The fourth-order valence-corrected chi connectivity index (χ4v) is 0. The summed E-state index contributed by atoms with van der Waals surface area (Å²) >= 11 is 1.58. The molecule has 0 unspecified atom stereocenters. The molecule has 0 saturated heterocycles. The van der Waals surface area contributed by atoms with Crippen LogP contribution in [0.5, 0.6) is 0 Å². The first-order valence-corrected chi connectivity index (χ1v) is 3.42. The van der Waals surface area contributed by atoms with Crippen LogP contribution in [0.1, 0.15) is 20.8 Å². The SMILES string of the molecule is C[C](=[Zr+2])C(C)C. The maximum absolute atomic E-state index is 2.23. The summed E-state index contributed by atoms with van der Waals surface area (Å²) in [5, 5.41) is 0. The Balaban J connectivity index is 3.26. The molecule has 0 radical (unpaired) electrons. The van der Waals surface area contributed by atoms with Crippen molar-refractivity contribution in [2.75, 3.05) is 0 Å². The summed E-state index contributed by atoms with van der Waals surface area (Å²) in [4.78, 5) is 0. The van der Waals surface area contributed by atoms with Crippen molar-refractivity contribution in [3.05, 3.63) is 0 Å². The molecular formula is C5H10Zr+2. The van der Waals surface area contributed by atoms with Gasteiger partial charge in [-0.3, -0.25) is 0 Å². The van der Waals surface area contributed by atoms with Crippen molar-refractivity contribution in [2.45, 2.75) is 20.8 Å². The van der Waals surface area contributed by atoms with Gasteiger partial charge in [-0.05, 0) is 0 Å². The second-order valence-corrected chi connectivity index (χ2v) is 3.78. The summed E-state index contributed by atoms with van der Waals surface area (Å²) in [6.07, 6.45) is 0. The zero-order chi connectivity index (χ0) is 5.15. The van der Waals surface area contributed by atoms with E-state index < -0.39 is 0 Å². The van der Waals surface area contributed by atoms with Crippen LogP contribution in [0.4, 0.5) is 0 Å². The molecule has 0 aliphatic carbocycles. The zero-order valence-electron chi connectivity index (χ0n) is 4.58. The van der Waals surface area contributed by atoms with Crippen LogP contribution in [0.2, 0.25) is 0 Å². The molecule has 0 aromatic rings. The van der Waals surface area contributed by atoms with Crippen molar-refractivity contribution >= 4 is 3.21 Å².